The summed E-state index contributed by atoms with van der Waals surface area (Å²) < 4.78 is 9.50. The number of hydrogen-bond acceptors (Lipinski definition) is 3. The molecule has 0 atom stereocenters. The largest absolute Gasteiger partial charge is 0.397 e. The number of alkyl halides is 1. The van der Waals surface area contributed by atoms with Crippen LogP contribution in [0.3, 0.4) is 0 Å². The highest BCUT2D eigenvalue weighted by atomic mass is 19.1. The van der Waals surface area contributed by atoms with Gasteiger partial charge in [0.15, 0.2) is 0 Å². The maximum Gasteiger partial charge on any atom is 0.0804 e. The summed E-state index contributed by atoms with van der Waals surface area (Å²) in [4.78, 5) is 0. The Morgan fingerprint density at radius 3 is 2.00 bits per heavy atom. The minimum atomic E-state index is 0.500. The van der Waals surface area contributed by atoms with Crippen LogP contribution in [-0.2, 0) is 0 Å². The lowest BCUT2D eigenvalue weighted by molar-refractivity contribution is 0.636. The highest BCUT2D eigenvalue weighted by molar-refractivity contribution is 5.73. The molecule has 0 radical (unpaired) electrons. The van der Waals surface area contributed by atoms with Crippen LogP contribution in [0.4, 0.5) is 21.5 Å². The van der Waals surface area contributed by atoms with Crippen LogP contribution < -0.4 is 16.6 Å². The Hall–Kier alpha value is -2.07. The average Bonchev–Trinajstić information content (AvgIpc) is 2.42. The van der Waals surface area contributed by atoms with E-state index in [1.807, 2.05) is 54.6 Å². The average molecular weight is 233 g/mol. The molecule has 2 aromatic rings. The number of nitrogens with zero attached hydrogens (tertiary/aromatic N) is 1. The van der Waals surface area contributed by atoms with E-state index in [4.69, 9.17) is 11.6 Å². The molecule has 2 rings (SSSR count). The normalized spacial score (nSPS) is 9.12. The summed E-state index contributed by atoms with van der Waals surface area (Å²) in [6, 6.07) is 17.2. The molecule has 0 saturated carbocycles. The zero-order chi connectivity index (χ0) is 12.7. The van der Waals surface area contributed by atoms with Crippen molar-refractivity contribution in [1.29, 1.82) is 0 Å². The highest BCUT2D eigenvalue weighted by Crippen LogP contribution is 2.26. The lowest BCUT2D eigenvalue weighted by Gasteiger charge is -2.20. The zero-order valence-electron chi connectivity index (χ0n) is 9.68. The van der Waals surface area contributed by atoms with Gasteiger partial charge < -0.3 is 5.73 Å². The monoisotopic (exact) mass is 233 g/mol. The quantitative estimate of drug-likeness (QED) is 0.476. The molecule has 0 aromatic heterocycles. The lowest BCUT2D eigenvalue weighted by atomic mass is 10.2. The van der Waals surface area contributed by atoms with E-state index >= 15 is 0 Å². The minimum Gasteiger partial charge on any atom is -0.397 e. The molecule has 2 aromatic carbocycles. The molecule has 0 fully saturated rings. The maximum atomic E-state index is 9.50. The van der Waals surface area contributed by atoms with Crippen molar-refractivity contribution in [3.63, 3.8) is 0 Å². The molecule has 0 aliphatic heterocycles. The Labute approximate surface area is 100 Å². The first kappa shape index (κ1) is 13.0. The van der Waals surface area contributed by atoms with Crippen LogP contribution in [0.5, 0.6) is 0 Å². The number of halogens is 1. The number of nitrogen functional groups attached to an aromatic ring is 1. The van der Waals surface area contributed by atoms with Gasteiger partial charge in [0.1, 0.15) is 0 Å². The fourth-order valence-electron chi connectivity index (χ4n) is 1.43. The van der Waals surface area contributed by atoms with Crippen LogP contribution in [0.15, 0.2) is 54.6 Å². The van der Waals surface area contributed by atoms with Crippen molar-refractivity contribution in [2.45, 2.75) is 0 Å². The zero-order valence-corrected chi connectivity index (χ0v) is 9.68. The van der Waals surface area contributed by atoms with Crippen LogP contribution in [0, 0.1) is 0 Å². The molecule has 3 nitrogen and oxygen atoms in total. The van der Waals surface area contributed by atoms with E-state index in [1.54, 1.807) is 5.01 Å². The van der Waals surface area contributed by atoms with Gasteiger partial charge in [-0.1, -0.05) is 30.3 Å². The standard InChI is InChI=1S/C12H13N3.CH3F/c13-11-8-4-5-9-12(11)15(14)10-6-2-1-3-7-10;1-2/h1-9H,13-14H2;1H3. The molecular weight excluding hydrogens is 217 g/mol. The Morgan fingerprint density at radius 2 is 1.41 bits per heavy atom. The fraction of sp³-hybridized carbons (Fsp3) is 0.0769. The van der Waals surface area contributed by atoms with Crippen molar-refractivity contribution in [2.75, 3.05) is 17.9 Å². The fourth-order valence-corrected chi connectivity index (χ4v) is 1.43. The van der Waals surface area contributed by atoms with Crippen LogP contribution in [0.1, 0.15) is 0 Å². The predicted octanol–water partition coefficient (Wildman–Crippen LogP) is 2.87. The van der Waals surface area contributed by atoms with Gasteiger partial charge in [-0.25, -0.2) is 5.84 Å². The van der Waals surface area contributed by atoms with Gasteiger partial charge in [0.2, 0.25) is 0 Å². The van der Waals surface area contributed by atoms with Crippen LogP contribution in [0.25, 0.3) is 0 Å². The van der Waals surface area contributed by atoms with E-state index in [2.05, 4.69) is 0 Å². The molecule has 0 heterocycles. The molecule has 90 valence electrons. The second-order valence-corrected chi connectivity index (χ2v) is 3.26. The molecule has 0 bridgehead atoms. The maximum absolute atomic E-state index is 9.50. The number of anilines is 3. The van der Waals surface area contributed by atoms with Crippen LogP contribution >= 0.6 is 0 Å². The molecule has 0 aliphatic carbocycles. The van der Waals surface area contributed by atoms with Gasteiger partial charge in [-0.15, -0.1) is 0 Å². The number of nitrogens with two attached hydrogens (primary N) is 2. The number of hydrazine groups is 1. The minimum absolute atomic E-state index is 0.500. The first-order chi connectivity index (χ1) is 8.29. The number of para-hydroxylation sites is 3. The predicted molar refractivity (Wildman–Crippen MR) is 70.7 cm³/mol. The molecular formula is C13H16FN3. The van der Waals surface area contributed by atoms with E-state index in [1.165, 1.54) is 0 Å². The molecule has 0 saturated heterocycles. The second kappa shape index (κ2) is 6.50. The lowest BCUT2D eigenvalue weighted by Crippen LogP contribution is -2.25. The summed E-state index contributed by atoms with van der Waals surface area (Å²) in [6.45, 7) is 0. The van der Waals surface area contributed by atoms with E-state index in [9.17, 15) is 4.39 Å². The van der Waals surface area contributed by atoms with E-state index in [0.29, 0.717) is 12.9 Å². The van der Waals surface area contributed by atoms with Crippen LogP contribution in [-0.4, -0.2) is 7.18 Å². The highest BCUT2D eigenvalue weighted by Gasteiger charge is 2.06. The van der Waals surface area contributed by atoms with Crippen molar-refractivity contribution in [1.82, 2.24) is 0 Å². The van der Waals surface area contributed by atoms with Gasteiger partial charge in [0.25, 0.3) is 0 Å². The first-order valence-corrected chi connectivity index (χ1v) is 5.11. The van der Waals surface area contributed by atoms with Gasteiger partial charge in [-0.3, -0.25) is 9.40 Å². The van der Waals surface area contributed by atoms with Gasteiger partial charge >= 0.3 is 0 Å². The van der Waals surface area contributed by atoms with Crippen molar-refractivity contribution in [3.05, 3.63) is 54.6 Å². The Morgan fingerprint density at radius 1 is 0.882 bits per heavy atom. The smallest absolute Gasteiger partial charge is 0.0804 e. The van der Waals surface area contributed by atoms with Crippen molar-refractivity contribution >= 4 is 17.1 Å². The molecule has 4 heteroatoms. The van der Waals surface area contributed by atoms with Crippen molar-refractivity contribution < 1.29 is 4.39 Å². The molecule has 4 N–H and O–H groups in total. The summed E-state index contributed by atoms with van der Waals surface area (Å²) in [5.41, 5.74) is 8.23. The third-order valence-corrected chi connectivity index (χ3v) is 2.23. The van der Waals surface area contributed by atoms with E-state index in [-0.39, 0.29) is 0 Å². The number of benzene rings is 2. The van der Waals surface area contributed by atoms with E-state index < -0.39 is 0 Å². The topological polar surface area (TPSA) is 55.3 Å². The third-order valence-electron chi connectivity index (χ3n) is 2.23. The van der Waals surface area contributed by atoms with Crippen molar-refractivity contribution in [3.8, 4) is 0 Å². The van der Waals surface area contributed by atoms with E-state index in [0.717, 1.165) is 11.4 Å². The molecule has 0 unspecified atom stereocenters. The number of hydrogen-bond donors (Lipinski definition) is 2. The van der Waals surface area contributed by atoms with Crippen LogP contribution in [0.2, 0.25) is 0 Å². The summed E-state index contributed by atoms with van der Waals surface area (Å²) in [7, 11) is 0.500. The Bertz CT molecular complexity index is 445. The SMILES string of the molecule is CF.Nc1ccccc1N(N)c1ccccc1. The molecule has 0 aliphatic rings. The molecule has 17 heavy (non-hydrogen) atoms. The summed E-state index contributed by atoms with van der Waals surface area (Å²) in [6.07, 6.45) is 0. The van der Waals surface area contributed by atoms with Gasteiger partial charge in [-0.2, -0.15) is 0 Å². The second-order valence-electron chi connectivity index (χ2n) is 3.26. The Kier molecular flexibility index (Phi) is 4.97. The summed E-state index contributed by atoms with van der Waals surface area (Å²) in [5.74, 6) is 5.97. The Balaban J connectivity index is 0.000000686. The van der Waals surface area contributed by atoms with Crippen molar-refractivity contribution in [2.24, 2.45) is 5.84 Å². The van der Waals surface area contributed by atoms with Gasteiger partial charge in [-0.05, 0) is 24.3 Å². The number of rotatable bonds is 2. The molecule has 0 amide bonds. The van der Waals surface area contributed by atoms with Gasteiger partial charge in [0.05, 0.1) is 24.2 Å². The summed E-state index contributed by atoms with van der Waals surface area (Å²) in [5, 5.41) is 1.58. The van der Waals surface area contributed by atoms with Gasteiger partial charge in [0, 0.05) is 0 Å². The first-order valence-electron chi connectivity index (χ1n) is 5.11. The summed E-state index contributed by atoms with van der Waals surface area (Å²) >= 11 is 0. The third kappa shape index (κ3) is 3.19. The molecule has 0 spiro atoms.